The van der Waals surface area contributed by atoms with Gasteiger partial charge in [0.15, 0.2) is 0 Å². The lowest BCUT2D eigenvalue weighted by Gasteiger charge is -2.26. The fourth-order valence-corrected chi connectivity index (χ4v) is 3.49. The van der Waals surface area contributed by atoms with E-state index in [1.165, 1.54) is 25.6 Å². The molecule has 0 atom stereocenters. The van der Waals surface area contributed by atoms with E-state index in [1.54, 1.807) is 10.9 Å². The smallest absolute Gasteiger partial charge is 0.354 e. The number of anilines is 1. The van der Waals surface area contributed by atoms with E-state index < -0.39 is 4.92 Å². The molecule has 0 amide bonds. The molecule has 1 N–H and O–H groups in total. The molecule has 2 aromatic heterocycles. The van der Waals surface area contributed by atoms with Gasteiger partial charge in [0, 0.05) is 13.1 Å². The Hall–Kier alpha value is -3.07. The van der Waals surface area contributed by atoms with E-state index in [0.29, 0.717) is 6.54 Å². The van der Waals surface area contributed by atoms with Crippen LogP contribution in [0.1, 0.15) is 19.3 Å². The molecule has 4 rings (SSSR count). The fraction of sp³-hybridized carbons (Fsp3) is 0.389. The van der Waals surface area contributed by atoms with Gasteiger partial charge in [-0.15, -0.1) is 0 Å². The zero-order chi connectivity index (χ0) is 18.6. The molecule has 0 bridgehead atoms. The van der Waals surface area contributed by atoms with Crippen molar-refractivity contribution in [3.8, 4) is 5.82 Å². The molecule has 140 valence electrons. The van der Waals surface area contributed by atoms with Crippen molar-refractivity contribution in [2.24, 2.45) is 0 Å². The minimum absolute atomic E-state index is 0.140. The fourth-order valence-electron chi connectivity index (χ4n) is 3.49. The highest BCUT2D eigenvalue weighted by Gasteiger charge is 2.25. The number of hydrogen-bond acceptors (Lipinski definition) is 7. The van der Waals surface area contributed by atoms with Crippen molar-refractivity contribution in [1.29, 1.82) is 0 Å². The molecule has 0 spiro atoms. The van der Waals surface area contributed by atoms with E-state index in [-0.39, 0.29) is 17.3 Å². The minimum atomic E-state index is -0.437. The van der Waals surface area contributed by atoms with Gasteiger partial charge < -0.3 is 10.2 Å². The van der Waals surface area contributed by atoms with Crippen LogP contribution in [-0.2, 0) is 0 Å². The summed E-state index contributed by atoms with van der Waals surface area (Å²) in [5.74, 6) is 0.448. The van der Waals surface area contributed by atoms with Crippen molar-refractivity contribution < 1.29 is 4.92 Å². The highest BCUT2D eigenvalue weighted by molar-refractivity contribution is 5.78. The number of piperidine rings is 1. The lowest BCUT2D eigenvalue weighted by atomic mass is 10.1. The van der Waals surface area contributed by atoms with Crippen LogP contribution >= 0.6 is 0 Å². The van der Waals surface area contributed by atoms with Crippen LogP contribution in [0.15, 0.2) is 36.9 Å². The van der Waals surface area contributed by atoms with Crippen LogP contribution in [0, 0.1) is 10.1 Å². The van der Waals surface area contributed by atoms with E-state index in [2.05, 4.69) is 25.2 Å². The summed E-state index contributed by atoms with van der Waals surface area (Å²) in [6.07, 6.45) is 6.61. The molecule has 0 aliphatic carbocycles. The predicted octanol–water partition coefficient (Wildman–Crippen LogP) is 2.62. The van der Waals surface area contributed by atoms with Crippen molar-refractivity contribution >= 4 is 22.5 Å². The van der Waals surface area contributed by atoms with Gasteiger partial charge in [0.25, 0.3) is 0 Å². The van der Waals surface area contributed by atoms with Crippen molar-refractivity contribution in [3.05, 3.63) is 47.0 Å². The number of rotatable bonds is 6. The van der Waals surface area contributed by atoms with E-state index in [9.17, 15) is 10.1 Å². The van der Waals surface area contributed by atoms with Crippen LogP contribution in [0.25, 0.3) is 16.9 Å². The van der Waals surface area contributed by atoms with E-state index >= 15 is 0 Å². The van der Waals surface area contributed by atoms with Crippen molar-refractivity contribution in [3.63, 3.8) is 0 Å². The largest absolute Gasteiger partial charge is 0.363 e. The Bertz CT molecular complexity index is 950. The van der Waals surface area contributed by atoms with Gasteiger partial charge >= 0.3 is 5.69 Å². The molecule has 1 saturated heterocycles. The number of imidazole rings is 1. The molecular formula is C18H21N7O2. The Labute approximate surface area is 156 Å². The average Bonchev–Trinajstić information content (AvgIpc) is 3.12. The average molecular weight is 367 g/mol. The Morgan fingerprint density at radius 2 is 1.93 bits per heavy atom. The second-order valence-electron chi connectivity index (χ2n) is 6.58. The minimum Gasteiger partial charge on any atom is -0.363 e. The highest BCUT2D eigenvalue weighted by atomic mass is 16.6. The first-order chi connectivity index (χ1) is 13.2. The SMILES string of the molecule is O=[N+]([O-])c1c(NCCN2CCCCC2)ncnc1-n1cnc2ccccc21. The number of nitrogens with one attached hydrogen (secondary N) is 1. The van der Waals surface area contributed by atoms with Crippen molar-refractivity contribution in [1.82, 2.24) is 24.4 Å². The summed E-state index contributed by atoms with van der Waals surface area (Å²) >= 11 is 0. The van der Waals surface area contributed by atoms with Crippen LogP contribution in [0.4, 0.5) is 11.5 Å². The number of benzene rings is 1. The van der Waals surface area contributed by atoms with Crippen LogP contribution in [0.3, 0.4) is 0 Å². The molecule has 1 aromatic carbocycles. The molecule has 0 radical (unpaired) electrons. The molecule has 0 saturated carbocycles. The number of fused-ring (bicyclic) bond motifs is 1. The highest BCUT2D eigenvalue weighted by Crippen LogP contribution is 2.29. The summed E-state index contributed by atoms with van der Waals surface area (Å²) in [5.41, 5.74) is 1.38. The summed E-state index contributed by atoms with van der Waals surface area (Å²) in [4.78, 5) is 26.3. The molecule has 0 unspecified atom stereocenters. The van der Waals surface area contributed by atoms with Gasteiger partial charge in [-0.25, -0.2) is 15.0 Å². The normalized spacial score (nSPS) is 15.1. The second kappa shape index (κ2) is 7.67. The summed E-state index contributed by atoms with van der Waals surface area (Å²) in [7, 11) is 0. The van der Waals surface area contributed by atoms with Gasteiger partial charge in [-0.3, -0.25) is 14.7 Å². The quantitative estimate of drug-likeness (QED) is 0.528. The number of hydrogen-bond donors (Lipinski definition) is 1. The zero-order valence-corrected chi connectivity index (χ0v) is 14.9. The van der Waals surface area contributed by atoms with E-state index in [0.717, 1.165) is 30.7 Å². The second-order valence-corrected chi connectivity index (χ2v) is 6.58. The molecular weight excluding hydrogens is 346 g/mol. The van der Waals surface area contributed by atoms with E-state index in [4.69, 9.17) is 0 Å². The molecule has 3 aromatic rings. The third-order valence-corrected chi connectivity index (χ3v) is 4.84. The van der Waals surface area contributed by atoms with Crippen LogP contribution < -0.4 is 5.32 Å². The number of aromatic nitrogens is 4. The molecule has 3 heterocycles. The standard InChI is InChI=1S/C18H21N7O2/c26-25(27)16-17(19-8-11-23-9-4-1-5-10-23)20-12-21-18(16)24-13-22-14-6-2-3-7-15(14)24/h2-3,6-7,12-13H,1,4-5,8-11H2,(H,19,20,21). The van der Waals surface area contributed by atoms with Gasteiger partial charge in [0.2, 0.25) is 11.6 Å². The number of nitrogens with zero attached hydrogens (tertiary/aromatic N) is 6. The van der Waals surface area contributed by atoms with Crippen LogP contribution in [0.5, 0.6) is 0 Å². The van der Waals surface area contributed by atoms with Gasteiger partial charge in [-0.2, -0.15) is 0 Å². The van der Waals surface area contributed by atoms with Crippen LogP contribution in [-0.4, -0.2) is 55.5 Å². The van der Waals surface area contributed by atoms with E-state index in [1.807, 2.05) is 24.3 Å². The Balaban J connectivity index is 1.61. The molecule has 9 heteroatoms. The number of likely N-dealkylation sites (tertiary alicyclic amines) is 1. The first-order valence-corrected chi connectivity index (χ1v) is 9.12. The third kappa shape index (κ3) is 3.59. The monoisotopic (exact) mass is 367 g/mol. The summed E-state index contributed by atoms with van der Waals surface area (Å²) < 4.78 is 1.63. The first kappa shape index (κ1) is 17.3. The van der Waals surface area contributed by atoms with Gasteiger partial charge in [0.05, 0.1) is 16.0 Å². The predicted molar refractivity (Wildman–Crippen MR) is 102 cm³/mol. The first-order valence-electron chi connectivity index (χ1n) is 9.12. The van der Waals surface area contributed by atoms with Crippen molar-refractivity contribution in [2.45, 2.75) is 19.3 Å². The third-order valence-electron chi connectivity index (χ3n) is 4.84. The molecule has 1 aliphatic rings. The molecule has 1 fully saturated rings. The Kier molecular flexibility index (Phi) is 4.93. The van der Waals surface area contributed by atoms with Crippen LogP contribution in [0.2, 0.25) is 0 Å². The van der Waals surface area contributed by atoms with Gasteiger partial charge in [-0.1, -0.05) is 18.6 Å². The maximum Gasteiger partial charge on any atom is 0.354 e. The van der Waals surface area contributed by atoms with Crippen molar-refractivity contribution in [2.75, 3.05) is 31.5 Å². The summed E-state index contributed by atoms with van der Waals surface area (Å²) in [5, 5.41) is 14.9. The maximum absolute atomic E-state index is 11.8. The lowest BCUT2D eigenvalue weighted by molar-refractivity contribution is -0.384. The molecule has 27 heavy (non-hydrogen) atoms. The Morgan fingerprint density at radius 1 is 1.11 bits per heavy atom. The summed E-state index contributed by atoms with van der Waals surface area (Å²) in [6, 6.07) is 7.46. The maximum atomic E-state index is 11.8. The van der Waals surface area contributed by atoms with Gasteiger partial charge in [-0.05, 0) is 38.1 Å². The Morgan fingerprint density at radius 3 is 2.74 bits per heavy atom. The summed E-state index contributed by atoms with van der Waals surface area (Å²) in [6.45, 7) is 3.60. The topological polar surface area (TPSA) is 102 Å². The molecule has 9 nitrogen and oxygen atoms in total. The lowest BCUT2D eigenvalue weighted by Crippen LogP contribution is -2.33. The number of nitro groups is 1. The van der Waals surface area contributed by atoms with Gasteiger partial charge in [0.1, 0.15) is 12.7 Å². The molecule has 1 aliphatic heterocycles. The number of para-hydroxylation sites is 2. The zero-order valence-electron chi connectivity index (χ0n) is 14.9.